The molecule has 2 fully saturated rings. The minimum Gasteiger partial charge on any atom is -0.199 e. The molecule has 9 heteroatoms. The van der Waals surface area contributed by atoms with Gasteiger partial charge < -0.3 is 0 Å². The van der Waals surface area contributed by atoms with Crippen LogP contribution in [0.1, 0.15) is 77.6 Å². The van der Waals surface area contributed by atoms with Crippen LogP contribution in [0, 0.1) is 23.7 Å². The highest BCUT2D eigenvalue weighted by atomic mass is 19.4. The Morgan fingerprint density at radius 2 is 1.07 bits per heavy atom. The Balaban J connectivity index is 1.94. The molecular weight excluding hydrogens is 411 g/mol. The van der Waals surface area contributed by atoms with Gasteiger partial charge in [-0.3, -0.25) is 0 Å². The number of hydrogen-bond acceptors (Lipinski definition) is 0. The van der Waals surface area contributed by atoms with Crippen molar-refractivity contribution in [2.45, 2.75) is 101 Å². The van der Waals surface area contributed by atoms with Crippen molar-refractivity contribution in [1.29, 1.82) is 0 Å². The molecule has 2 rings (SSSR count). The average molecular weight is 440 g/mol. The molecule has 0 radical (unpaired) electrons. The maximum Gasteiger partial charge on any atom is 0.460 e. The number of hydrogen-bond donors (Lipinski definition) is 0. The maximum atomic E-state index is 14.1. The third kappa shape index (κ3) is 4.83. The standard InChI is InChI=1S/C20H29F9/c1-2-3-4-13-5-7-14(8-6-13)15-9-11-16(12-10-15)17(21,22)18(23,24)19(25,26)20(27,28)29/h13-16H,2-12H2,1H3/t13-,14-,15?,16?. The first kappa shape index (κ1) is 24.6. The van der Waals surface area contributed by atoms with Crippen molar-refractivity contribution < 1.29 is 39.5 Å². The molecule has 172 valence electrons. The second kappa shape index (κ2) is 8.85. The number of rotatable bonds is 7. The van der Waals surface area contributed by atoms with Crippen molar-refractivity contribution in [3.05, 3.63) is 0 Å². The highest BCUT2D eigenvalue weighted by molar-refractivity contribution is 5.03. The van der Waals surface area contributed by atoms with Gasteiger partial charge in [0.05, 0.1) is 0 Å². The molecule has 2 aliphatic carbocycles. The Bertz CT molecular complexity index is 511. The molecule has 0 atom stereocenters. The van der Waals surface area contributed by atoms with Crippen LogP contribution in [0.2, 0.25) is 0 Å². The highest BCUT2D eigenvalue weighted by Gasteiger charge is 2.82. The molecule has 0 saturated heterocycles. The summed E-state index contributed by atoms with van der Waals surface area (Å²) in [7, 11) is 0. The summed E-state index contributed by atoms with van der Waals surface area (Å²) in [5, 5.41) is 0. The quantitative estimate of drug-likeness (QED) is 0.350. The van der Waals surface area contributed by atoms with E-state index in [1.165, 1.54) is 0 Å². The smallest absolute Gasteiger partial charge is 0.199 e. The van der Waals surface area contributed by atoms with Crippen LogP contribution in [-0.2, 0) is 0 Å². The fourth-order valence-corrected chi connectivity index (χ4v) is 5.04. The van der Waals surface area contributed by atoms with Crippen molar-refractivity contribution in [3.63, 3.8) is 0 Å². The average Bonchev–Trinajstić information content (AvgIpc) is 2.65. The molecule has 29 heavy (non-hydrogen) atoms. The highest BCUT2D eigenvalue weighted by Crippen LogP contribution is 2.57. The van der Waals surface area contributed by atoms with Gasteiger partial charge in [-0.1, -0.05) is 39.0 Å². The Labute approximate surface area is 165 Å². The summed E-state index contributed by atoms with van der Waals surface area (Å²) in [6.45, 7) is 2.12. The van der Waals surface area contributed by atoms with Crippen molar-refractivity contribution in [3.8, 4) is 0 Å². The molecule has 0 N–H and O–H groups in total. The van der Waals surface area contributed by atoms with Gasteiger partial charge in [0, 0.05) is 5.92 Å². The predicted molar refractivity (Wildman–Crippen MR) is 91.3 cm³/mol. The zero-order valence-electron chi connectivity index (χ0n) is 16.5. The molecule has 0 aromatic rings. The van der Waals surface area contributed by atoms with Crippen molar-refractivity contribution in [1.82, 2.24) is 0 Å². The van der Waals surface area contributed by atoms with Gasteiger partial charge in [0.25, 0.3) is 0 Å². The van der Waals surface area contributed by atoms with Gasteiger partial charge in [0.2, 0.25) is 0 Å². The molecular formula is C20H29F9. The van der Waals surface area contributed by atoms with Gasteiger partial charge in [0.15, 0.2) is 0 Å². The summed E-state index contributed by atoms with van der Waals surface area (Å²) in [6.07, 6.45) is 0.0448. The SMILES string of the molecule is CCCC[C@H]1CC[C@H](C2CCC(C(F)(F)C(F)(F)C(F)(F)C(F)(F)F)CC2)CC1. The second-order valence-corrected chi connectivity index (χ2v) is 8.80. The van der Waals surface area contributed by atoms with Gasteiger partial charge in [-0.05, 0) is 56.3 Å². The van der Waals surface area contributed by atoms with E-state index in [9.17, 15) is 39.5 Å². The largest absolute Gasteiger partial charge is 0.460 e. The summed E-state index contributed by atoms with van der Waals surface area (Å²) in [4.78, 5) is 0. The number of halogens is 9. The lowest BCUT2D eigenvalue weighted by Gasteiger charge is -2.42. The van der Waals surface area contributed by atoms with Crippen molar-refractivity contribution in [2.24, 2.45) is 23.7 Å². The molecule has 0 unspecified atom stereocenters. The van der Waals surface area contributed by atoms with Crippen molar-refractivity contribution in [2.75, 3.05) is 0 Å². The Morgan fingerprint density at radius 3 is 1.48 bits per heavy atom. The van der Waals surface area contributed by atoms with E-state index in [1.54, 1.807) is 0 Å². The zero-order chi connectivity index (χ0) is 22.1. The van der Waals surface area contributed by atoms with Gasteiger partial charge in [-0.15, -0.1) is 0 Å². The van der Waals surface area contributed by atoms with Crippen LogP contribution in [0.15, 0.2) is 0 Å². The second-order valence-electron chi connectivity index (χ2n) is 8.80. The molecule has 0 spiro atoms. The van der Waals surface area contributed by atoms with E-state index in [1.807, 2.05) is 0 Å². The Morgan fingerprint density at radius 1 is 0.621 bits per heavy atom. The van der Waals surface area contributed by atoms with E-state index in [0.717, 1.165) is 44.9 Å². The van der Waals surface area contributed by atoms with E-state index in [0.29, 0.717) is 11.8 Å². The topological polar surface area (TPSA) is 0 Å². The van der Waals surface area contributed by atoms with E-state index >= 15 is 0 Å². The third-order valence-electron chi connectivity index (χ3n) is 6.98. The lowest BCUT2D eigenvalue weighted by atomic mass is 9.67. The zero-order valence-corrected chi connectivity index (χ0v) is 16.5. The van der Waals surface area contributed by atoms with Crippen LogP contribution < -0.4 is 0 Å². The van der Waals surface area contributed by atoms with E-state index < -0.39 is 42.7 Å². The molecule has 0 aliphatic heterocycles. The minimum atomic E-state index is -6.78. The van der Waals surface area contributed by atoms with Gasteiger partial charge >= 0.3 is 23.9 Å². The molecule has 0 bridgehead atoms. The normalized spacial score (nSPS) is 30.4. The fourth-order valence-electron chi connectivity index (χ4n) is 5.04. The molecule has 0 amide bonds. The molecule has 0 nitrogen and oxygen atoms in total. The van der Waals surface area contributed by atoms with Crippen molar-refractivity contribution >= 4 is 0 Å². The van der Waals surface area contributed by atoms with Crippen LogP contribution in [0.3, 0.4) is 0 Å². The van der Waals surface area contributed by atoms with Crippen LogP contribution in [-0.4, -0.2) is 23.9 Å². The summed E-state index contributed by atoms with van der Waals surface area (Å²) < 4.78 is 119. The number of alkyl halides is 9. The molecule has 0 aromatic heterocycles. The van der Waals surface area contributed by atoms with Crippen LogP contribution in [0.4, 0.5) is 39.5 Å². The van der Waals surface area contributed by atoms with Gasteiger partial charge in [0.1, 0.15) is 0 Å². The van der Waals surface area contributed by atoms with Crippen LogP contribution in [0.25, 0.3) is 0 Å². The first-order chi connectivity index (χ1) is 13.3. The lowest BCUT2D eigenvalue weighted by Crippen LogP contribution is -2.63. The van der Waals surface area contributed by atoms with Gasteiger partial charge in [-0.2, -0.15) is 39.5 Å². The lowest BCUT2D eigenvalue weighted by molar-refractivity contribution is -0.404. The van der Waals surface area contributed by atoms with Gasteiger partial charge in [-0.25, -0.2) is 0 Å². The van der Waals surface area contributed by atoms with E-state index in [4.69, 9.17) is 0 Å². The fraction of sp³-hybridized carbons (Fsp3) is 1.00. The minimum absolute atomic E-state index is 0.0472. The molecule has 0 heterocycles. The Hall–Kier alpha value is -0.630. The van der Waals surface area contributed by atoms with E-state index in [2.05, 4.69) is 6.92 Å². The first-order valence-electron chi connectivity index (χ1n) is 10.5. The monoisotopic (exact) mass is 440 g/mol. The molecule has 2 saturated carbocycles. The predicted octanol–water partition coefficient (Wildman–Crippen LogP) is 8.26. The summed E-state index contributed by atoms with van der Waals surface area (Å²) in [6, 6.07) is 0. The molecule has 2 aliphatic rings. The maximum absolute atomic E-state index is 14.1. The van der Waals surface area contributed by atoms with Crippen LogP contribution >= 0.6 is 0 Å². The molecule has 0 aromatic carbocycles. The first-order valence-corrected chi connectivity index (χ1v) is 10.5. The Kier molecular flexibility index (Phi) is 7.52. The van der Waals surface area contributed by atoms with E-state index in [-0.39, 0.29) is 18.8 Å². The summed E-state index contributed by atoms with van der Waals surface area (Å²) >= 11 is 0. The van der Waals surface area contributed by atoms with Crippen LogP contribution in [0.5, 0.6) is 0 Å². The third-order valence-corrected chi connectivity index (χ3v) is 6.98. The summed E-state index contributed by atoms with van der Waals surface area (Å²) in [5.41, 5.74) is 0. The number of unbranched alkanes of at least 4 members (excludes halogenated alkanes) is 1. The summed E-state index contributed by atoms with van der Waals surface area (Å²) in [5.74, 6) is -19.9.